The lowest BCUT2D eigenvalue weighted by molar-refractivity contribution is 0.480. The van der Waals surface area contributed by atoms with Gasteiger partial charge in [0.05, 0.1) is 9.79 Å². The van der Waals surface area contributed by atoms with Gasteiger partial charge in [-0.25, -0.2) is 0 Å². The van der Waals surface area contributed by atoms with Crippen molar-refractivity contribution >= 4 is 43.5 Å². The molecule has 0 radical (unpaired) electrons. The first-order valence-corrected chi connectivity index (χ1v) is 11.3. The molecule has 14 heteroatoms. The predicted molar refractivity (Wildman–Crippen MR) is 108 cm³/mol. The van der Waals surface area contributed by atoms with E-state index in [0.717, 1.165) is 12.1 Å². The highest BCUT2D eigenvalue weighted by atomic mass is 32.2. The second-order valence-corrected chi connectivity index (χ2v) is 9.15. The molecule has 0 aliphatic carbocycles. The highest BCUT2D eigenvalue weighted by molar-refractivity contribution is 7.86. The van der Waals surface area contributed by atoms with Crippen LogP contribution >= 0.6 is 0 Å². The van der Waals surface area contributed by atoms with Gasteiger partial charge in [-0.05, 0) is 55.0 Å². The number of benzene rings is 2. The van der Waals surface area contributed by atoms with E-state index in [-0.39, 0.29) is 27.3 Å². The standard InChI is InChI=1S/C17H16FN5O6S2/c1-10-9-11(3-8-14(10)31(27,28)29)19-16-20-15(18)21-17(22-16)23(2)12-4-6-13(7-5-12)30(24,25)26/h3-9H,1-2H3,(H,24,25,26)(H,27,28,29)(H,19,20,21,22). The number of anilines is 4. The molecule has 0 unspecified atom stereocenters. The quantitative estimate of drug-likeness (QED) is 0.454. The van der Waals surface area contributed by atoms with Crippen LogP contribution in [0.15, 0.2) is 52.3 Å². The van der Waals surface area contributed by atoms with Crippen LogP contribution in [0.4, 0.5) is 27.7 Å². The third-order valence-electron chi connectivity index (χ3n) is 4.13. The fourth-order valence-electron chi connectivity index (χ4n) is 2.65. The van der Waals surface area contributed by atoms with Crippen LogP contribution in [-0.2, 0) is 20.2 Å². The van der Waals surface area contributed by atoms with Crippen LogP contribution in [-0.4, -0.2) is 47.9 Å². The summed E-state index contributed by atoms with van der Waals surface area (Å²) in [5, 5.41) is 2.72. The molecule has 3 rings (SSSR count). The molecule has 0 saturated heterocycles. The lowest BCUT2D eigenvalue weighted by atomic mass is 10.2. The number of nitrogens with one attached hydrogen (secondary N) is 1. The van der Waals surface area contributed by atoms with Crippen molar-refractivity contribution in [1.82, 2.24) is 15.0 Å². The van der Waals surface area contributed by atoms with E-state index in [2.05, 4.69) is 20.3 Å². The minimum Gasteiger partial charge on any atom is -0.324 e. The van der Waals surface area contributed by atoms with E-state index in [1.54, 1.807) is 0 Å². The predicted octanol–water partition coefficient (Wildman–Crippen LogP) is 2.32. The number of nitrogens with zero attached hydrogens (tertiary/aromatic N) is 4. The number of hydrogen-bond acceptors (Lipinski definition) is 9. The van der Waals surface area contributed by atoms with E-state index in [1.807, 2.05) is 0 Å². The molecular formula is C17H16FN5O6S2. The van der Waals surface area contributed by atoms with Gasteiger partial charge in [-0.15, -0.1) is 0 Å². The van der Waals surface area contributed by atoms with Gasteiger partial charge in [0.2, 0.25) is 11.9 Å². The van der Waals surface area contributed by atoms with Gasteiger partial charge in [-0.1, -0.05) is 0 Å². The van der Waals surface area contributed by atoms with Crippen LogP contribution in [0.3, 0.4) is 0 Å². The first-order valence-electron chi connectivity index (χ1n) is 8.42. The zero-order valence-corrected chi connectivity index (χ0v) is 17.7. The van der Waals surface area contributed by atoms with Gasteiger partial charge in [0, 0.05) is 18.4 Å². The third-order valence-corrected chi connectivity index (χ3v) is 6.01. The van der Waals surface area contributed by atoms with Crippen molar-refractivity contribution < 1.29 is 30.3 Å². The van der Waals surface area contributed by atoms with E-state index < -0.39 is 26.3 Å². The fourth-order valence-corrected chi connectivity index (χ4v) is 3.83. The van der Waals surface area contributed by atoms with Crippen molar-refractivity contribution in [2.75, 3.05) is 17.3 Å². The third kappa shape index (κ3) is 5.29. The molecule has 2 aromatic carbocycles. The molecule has 164 valence electrons. The maximum atomic E-state index is 14.0. The molecule has 0 spiro atoms. The Morgan fingerprint density at radius 1 is 0.935 bits per heavy atom. The van der Waals surface area contributed by atoms with Crippen LogP contribution in [0.5, 0.6) is 0 Å². The van der Waals surface area contributed by atoms with Crippen molar-refractivity contribution in [2.24, 2.45) is 0 Å². The van der Waals surface area contributed by atoms with Gasteiger partial charge in [0.1, 0.15) is 0 Å². The Balaban J connectivity index is 1.89. The maximum Gasteiger partial charge on any atom is 0.315 e. The SMILES string of the molecule is Cc1cc(Nc2nc(F)nc(N(C)c3ccc(S(=O)(=O)O)cc3)n2)ccc1S(=O)(=O)O. The molecule has 0 saturated carbocycles. The molecule has 3 N–H and O–H groups in total. The number of aryl methyl sites for hydroxylation is 1. The molecule has 0 bridgehead atoms. The zero-order chi connectivity index (χ0) is 23.0. The summed E-state index contributed by atoms with van der Waals surface area (Å²) in [7, 11) is -7.23. The Morgan fingerprint density at radius 3 is 2.13 bits per heavy atom. The molecule has 0 amide bonds. The molecule has 1 aromatic heterocycles. The molecule has 0 atom stereocenters. The molecular weight excluding hydrogens is 453 g/mol. The summed E-state index contributed by atoms with van der Waals surface area (Å²) in [5.41, 5.74) is 0.984. The first kappa shape index (κ1) is 22.5. The van der Waals surface area contributed by atoms with E-state index in [1.165, 1.54) is 49.2 Å². The van der Waals surface area contributed by atoms with Gasteiger partial charge in [-0.3, -0.25) is 9.11 Å². The number of hydrogen-bond donors (Lipinski definition) is 3. The summed E-state index contributed by atoms with van der Waals surface area (Å²) < 4.78 is 77.1. The van der Waals surface area contributed by atoms with Crippen LogP contribution in [0, 0.1) is 13.0 Å². The van der Waals surface area contributed by atoms with Gasteiger partial charge < -0.3 is 10.2 Å². The number of halogens is 1. The molecule has 31 heavy (non-hydrogen) atoms. The van der Waals surface area contributed by atoms with Crippen molar-refractivity contribution in [3.05, 3.63) is 54.1 Å². The highest BCUT2D eigenvalue weighted by Gasteiger charge is 2.16. The molecule has 0 fully saturated rings. The van der Waals surface area contributed by atoms with E-state index in [9.17, 15) is 25.8 Å². The average Bonchev–Trinajstić information content (AvgIpc) is 2.65. The smallest absolute Gasteiger partial charge is 0.315 e. The lowest BCUT2D eigenvalue weighted by Gasteiger charge is -2.18. The molecule has 0 aliphatic heterocycles. The van der Waals surface area contributed by atoms with Crippen molar-refractivity contribution in [1.29, 1.82) is 0 Å². The Kier molecular flexibility index (Phi) is 5.91. The largest absolute Gasteiger partial charge is 0.324 e. The van der Waals surface area contributed by atoms with Crippen molar-refractivity contribution in [2.45, 2.75) is 16.7 Å². The Labute approximate surface area is 177 Å². The summed E-state index contributed by atoms with van der Waals surface area (Å²) in [6.07, 6.45) is -1.10. The first-order chi connectivity index (χ1) is 14.3. The molecule has 11 nitrogen and oxygen atoms in total. The topological polar surface area (TPSA) is 163 Å². The Hall–Kier alpha value is -3.20. The van der Waals surface area contributed by atoms with Gasteiger partial charge in [-0.2, -0.15) is 36.2 Å². The summed E-state index contributed by atoms with van der Waals surface area (Å²) in [4.78, 5) is 12.0. The molecule has 0 aliphatic rings. The van der Waals surface area contributed by atoms with Crippen molar-refractivity contribution in [3.8, 4) is 0 Å². The molecule has 1 heterocycles. The minimum atomic E-state index is -4.38. The van der Waals surface area contributed by atoms with Crippen LogP contribution in [0.1, 0.15) is 5.56 Å². The maximum absolute atomic E-state index is 14.0. The number of aromatic nitrogens is 3. The van der Waals surface area contributed by atoms with E-state index >= 15 is 0 Å². The normalized spacial score (nSPS) is 11.9. The summed E-state index contributed by atoms with van der Waals surface area (Å²) in [5.74, 6) is -0.288. The van der Waals surface area contributed by atoms with E-state index in [0.29, 0.717) is 11.4 Å². The molecule has 3 aromatic rings. The second kappa shape index (κ2) is 8.14. The van der Waals surface area contributed by atoms with Gasteiger partial charge in [0.15, 0.2) is 0 Å². The van der Waals surface area contributed by atoms with Crippen molar-refractivity contribution in [3.63, 3.8) is 0 Å². The monoisotopic (exact) mass is 469 g/mol. The Morgan fingerprint density at radius 2 is 1.58 bits per heavy atom. The number of rotatable bonds is 6. The summed E-state index contributed by atoms with van der Waals surface area (Å²) in [6.45, 7) is 1.47. The summed E-state index contributed by atoms with van der Waals surface area (Å²) >= 11 is 0. The fraction of sp³-hybridized carbons (Fsp3) is 0.118. The minimum absolute atomic E-state index is 0.110. The summed E-state index contributed by atoms with van der Waals surface area (Å²) in [6, 6.07) is 8.99. The van der Waals surface area contributed by atoms with Gasteiger partial charge in [0.25, 0.3) is 20.2 Å². The van der Waals surface area contributed by atoms with Crippen LogP contribution < -0.4 is 10.2 Å². The zero-order valence-electron chi connectivity index (χ0n) is 16.1. The van der Waals surface area contributed by atoms with Crippen LogP contribution in [0.25, 0.3) is 0 Å². The second-order valence-electron chi connectivity index (χ2n) is 6.34. The average molecular weight is 469 g/mol. The van der Waals surface area contributed by atoms with Crippen LogP contribution in [0.2, 0.25) is 0 Å². The Bertz CT molecular complexity index is 1350. The van der Waals surface area contributed by atoms with Gasteiger partial charge >= 0.3 is 6.08 Å². The van der Waals surface area contributed by atoms with E-state index in [4.69, 9.17) is 4.55 Å². The highest BCUT2D eigenvalue weighted by Crippen LogP contribution is 2.25. The lowest BCUT2D eigenvalue weighted by Crippen LogP contribution is -2.16.